The molecule has 2 aromatic rings. The summed E-state index contributed by atoms with van der Waals surface area (Å²) in [6.45, 7) is 3.80. The third-order valence-electron chi connectivity index (χ3n) is 3.01. The second kappa shape index (κ2) is 7.13. The highest BCUT2D eigenvalue weighted by atomic mass is 16.5. The molecular weight excluding hydrogens is 226 g/mol. The van der Waals surface area contributed by atoms with E-state index in [0.717, 1.165) is 31.8 Å². The summed E-state index contributed by atoms with van der Waals surface area (Å²) in [7, 11) is 1.73. The summed E-state index contributed by atoms with van der Waals surface area (Å²) < 4.78 is 7.21. The monoisotopic (exact) mass is 247 g/mol. The molecule has 1 N–H and O–H groups in total. The number of imidazole rings is 1. The molecule has 98 valence electrons. The Balaban J connectivity index is 1.70. The number of hydrogen-bond acceptors (Lipinski definition) is 3. The summed E-state index contributed by atoms with van der Waals surface area (Å²) >= 11 is 0. The van der Waals surface area contributed by atoms with Crippen molar-refractivity contribution in [2.45, 2.75) is 19.4 Å². The van der Waals surface area contributed by atoms with Gasteiger partial charge in [-0.05, 0) is 31.5 Å². The molecule has 0 aliphatic carbocycles. The molecule has 0 amide bonds. The second-order valence-electron chi connectivity index (χ2n) is 4.38. The fourth-order valence-corrected chi connectivity index (χ4v) is 2.02. The smallest absolute Gasteiger partial charge is 0.0958 e. The fraction of sp³-hybridized carbons (Fsp3) is 0.500. The van der Waals surface area contributed by atoms with E-state index in [2.05, 4.69) is 33.1 Å². The van der Waals surface area contributed by atoms with Crippen molar-refractivity contribution in [1.29, 1.82) is 0 Å². The van der Waals surface area contributed by atoms with Gasteiger partial charge >= 0.3 is 0 Å². The van der Waals surface area contributed by atoms with Gasteiger partial charge in [-0.3, -0.25) is 0 Å². The normalized spacial score (nSPS) is 11.2. The van der Waals surface area contributed by atoms with Gasteiger partial charge < -0.3 is 14.6 Å². The standard InChI is InChI=1S/C14H21N3O/c1-18-11-9-15-8-4-5-10-17-12-16-13-6-2-3-7-14(13)17/h2-3,6-7,12,15H,4-5,8-11H2,1H3. The van der Waals surface area contributed by atoms with Crippen molar-refractivity contribution >= 4 is 11.0 Å². The number of hydrogen-bond donors (Lipinski definition) is 1. The molecule has 4 nitrogen and oxygen atoms in total. The van der Waals surface area contributed by atoms with Crippen LogP contribution in [0.3, 0.4) is 0 Å². The largest absolute Gasteiger partial charge is 0.383 e. The number of fused-ring (bicyclic) bond motifs is 1. The number of benzene rings is 1. The topological polar surface area (TPSA) is 39.1 Å². The lowest BCUT2D eigenvalue weighted by Gasteiger charge is -2.05. The average Bonchev–Trinajstić information content (AvgIpc) is 2.81. The molecule has 0 aliphatic rings. The van der Waals surface area contributed by atoms with Crippen LogP contribution in [0.15, 0.2) is 30.6 Å². The number of methoxy groups -OCH3 is 1. The van der Waals surface area contributed by atoms with Crippen LogP contribution in [-0.2, 0) is 11.3 Å². The molecule has 0 atom stereocenters. The number of nitrogens with one attached hydrogen (secondary N) is 1. The maximum atomic E-state index is 4.98. The van der Waals surface area contributed by atoms with E-state index in [0.29, 0.717) is 0 Å². The van der Waals surface area contributed by atoms with E-state index in [1.807, 2.05) is 12.4 Å². The van der Waals surface area contributed by atoms with Crippen LogP contribution in [0.2, 0.25) is 0 Å². The van der Waals surface area contributed by atoms with E-state index >= 15 is 0 Å². The zero-order chi connectivity index (χ0) is 12.6. The number of para-hydroxylation sites is 2. The number of aryl methyl sites for hydroxylation is 1. The van der Waals surface area contributed by atoms with Crippen LogP contribution < -0.4 is 5.32 Å². The fourth-order valence-electron chi connectivity index (χ4n) is 2.02. The van der Waals surface area contributed by atoms with Crippen molar-refractivity contribution in [3.05, 3.63) is 30.6 Å². The zero-order valence-electron chi connectivity index (χ0n) is 10.9. The molecule has 0 fully saturated rings. The molecule has 2 rings (SSSR count). The maximum Gasteiger partial charge on any atom is 0.0958 e. The Morgan fingerprint density at radius 3 is 3.00 bits per heavy atom. The van der Waals surface area contributed by atoms with Gasteiger partial charge in [0.25, 0.3) is 0 Å². The number of aromatic nitrogens is 2. The molecule has 1 aromatic carbocycles. The van der Waals surface area contributed by atoms with Crippen molar-refractivity contribution in [2.24, 2.45) is 0 Å². The second-order valence-corrected chi connectivity index (χ2v) is 4.38. The number of unbranched alkanes of at least 4 members (excludes halogenated alkanes) is 1. The molecule has 0 aliphatic heterocycles. The Bertz CT molecular complexity index is 467. The Morgan fingerprint density at radius 1 is 1.22 bits per heavy atom. The summed E-state index contributed by atoms with van der Waals surface area (Å²) in [4.78, 5) is 4.39. The average molecular weight is 247 g/mol. The van der Waals surface area contributed by atoms with E-state index in [1.54, 1.807) is 7.11 Å². The van der Waals surface area contributed by atoms with Crippen LogP contribution in [-0.4, -0.2) is 36.4 Å². The van der Waals surface area contributed by atoms with Crippen molar-refractivity contribution in [1.82, 2.24) is 14.9 Å². The first-order valence-electron chi connectivity index (χ1n) is 6.51. The molecule has 0 bridgehead atoms. The van der Waals surface area contributed by atoms with Gasteiger partial charge in [0, 0.05) is 20.2 Å². The molecule has 4 heteroatoms. The van der Waals surface area contributed by atoms with E-state index in [9.17, 15) is 0 Å². The van der Waals surface area contributed by atoms with Crippen LogP contribution in [0, 0.1) is 0 Å². The Labute approximate surface area is 108 Å². The minimum absolute atomic E-state index is 0.784. The highest BCUT2D eigenvalue weighted by molar-refractivity contribution is 5.74. The summed E-state index contributed by atoms with van der Waals surface area (Å²) in [6.07, 6.45) is 4.28. The minimum Gasteiger partial charge on any atom is -0.383 e. The van der Waals surface area contributed by atoms with Crippen LogP contribution in [0.1, 0.15) is 12.8 Å². The van der Waals surface area contributed by atoms with Gasteiger partial charge in [-0.25, -0.2) is 4.98 Å². The first kappa shape index (κ1) is 13.1. The molecule has 1 aromatic heterocycles. The van der Waals surface area contributed by atoms with Crippen molar-refractivity contribution < 1.29 is 4.74 Å². The highest BCUT2D eigenvalue weighted by Crippen LogP contribution is 2.12. The van der Waals surface area contributed by atoms with E-state index < -0.39 is 0 Å². The highest BCUT2D eigenvalue weighted by Gasteiger charge is 2.00. The van der Waals surface area contributed by atoms with Gasteiger partial charge in [-0.1, -0.05) is 12.1 Å². The van der Waals surface area contributed by atoms with Gasteiger partial charge in [0.2, 0.25) is 0 Å². The number of nitrogens with zero attached hydrogens (tertiary/aromatic N) is 2. The SMILES string of the molecule is COCCNCCCCn1cnc2ccccc21. The van der Waals surface area contributed by atoms with Gasteiger partial charge in [-0.15, -0.1) is 0 Å². The van der Waals surface area contributed by atoms with E-state index in [4.69, 9.17) is 4.74 Å². The minimum atomic E-state index is 0.784. The third kappa shape index (κ3) is 3.55. The first-order chi connectivity index (χ1) is 8.92. The molecule has 0 saturated heterocycles. The van der Waals surface area contributed by atoms with Crippen molar-refractivity contribution in [3.8, 4) is 0 Å². The summed E-state index contributed by atoms with van der Waals surface area (Å²) in [5.41, 5.74) is 2.31. The van der Waals surface area contributed by atoms with Gasteiger partial charge in [-0.2, -0.15) is 0 Å². The molecular formula is C14H21N3O. The van der Waals surface area contributed by atoms with E-state index in [1.165, 1.54) is 18.4 Å². The molecule has 0 unspecified atom stereocenters. The van der Waals surface area contributed by atoms with Crippen molar-refractivity contribution in [2.75, 3.05) is 26.8 Å². The molecule has 18 heavy (non-hydrogen) atoms. The predicted octanol–water partition coefficient (Wildman–Crippen LogP) is 2.05. The third-order valence-corrected chi connectivity index (χ3v) is 3.01. The Hall–Kier alpha value is -1.39. The Kier molecular flexibility index (Phi) is 5.17. The van der Waals surface area contributed by atoms with Crippen LogP contribution >= 0.6 is 0 Å². The van der Waals surface area contributed by atoms with Crippen LogP contribution in [0.25, 0.3) is 11.0 Å². The van der Waals surface area contributed by atoms with E-state index in [-0.39, 0.29) is 0 Å². The quantitative estimate of drug-likeness (QED) is 0.726. The maximum absolute atomic E-state index is 4.98. The van der Waals surface area contributed by atoms with Crippen molar-refractivity contribution in [3.63, 3.8) is 0 Å². The van der Waals surface area contributed by atoms with Gasteiger partial charge in [0.15, 0.2) is 0 Å². The lowest BCUT2D eigenvalue weighted by molar-refractivity contribution is 0.199. The predicted molar refractivity (Wildman–Crippen MR) is 73.7 cm³/mol. The number of rotatable bonds is 8. The van der Waals surface area contributed by atoms with Crippen LogP contribution in [0.5, 0.6) is 0 Å². The van der Waals surface area contributed by atoms with Crippen LogP contribution in [0.4, 0.5) is 0 Å². The summed E-state index contributed by atoms with van der Waals surface area (Å²) in [5, 5.41) is 3.35. The number of ether oxygens (including phenoxy) is 1. The lowest BCUT2D eigenvalue weighted by atomic mass is 10.3. The summed E-state index contributed by atoms with van der Waals surface area (Å²) in [5.74, 6) is 0. The Morgan fingerprint density at radius 2 is 2.11 bits per heavy atom. The van der Waals surface area contributed by atoms with Gasteiger partial charge in [0.1, 0.15) is 0 Å². The molecule has 0 spiro atoms. The summed E-state index contributed by atoms with van der Waals surface area (Å²) in [6, 6.07) is 8.27. The lowest BCUT2D eigenvalue weighted by Crippen LogP contribution is -2.20. The molecule has 1 heterocycles. The first-order valence-corrected chi connectivity index (χ1v) is 6.51. The molecule has 0 radical (unpaired) electrons. The molecule has 0 saturated carbocycles. The zero-order valence-corrected chi connectivity index (χ0v) is 10.9. The van der Waals surface area contributed by atoms with Gasteiger partial charge in [0.05, 0.1) is 24.0 Å².